The fourth-order valence-corrected chi connectivity index (χ4v) is 2.98. The van der Waals surface area contributed by atoms with Gasteiger partial charge in [-0.1, -0.05) is 81.6 Å². The van der Waals surface area contributed by atoms with Crippen LogP contribution in [0.2, 0.25) is 0 Å². The van der Waals surface area contributed by atoms with Crippen molar-refractivity contribution in [1.82, 2.24) is 5.32 Å². The number of carbonyl (C=O) groups excluding carboxylic acids is 1. The van der Waals surface area contributed by atoms with Crippen molar-refractivity contribution in [3.63, 3.8) is 0 Å². The summed E-state index contributed by atoms with van der Waals surface area (Å²) in [5, 5.41) is 2.68. The maximum Gasteiger partial charge on any atom is 0.219 e. The Balaban J connectivity index is 3.64. The molecule has 0 bridgehead atoms. The van der Waals surface area contributed by atoms with Crippen molar-refractivity contribution in [2.45, 2.75) is 111 Å². The van der Waals surface area contributed by atoms with Crippen LogP contribution in [0.3, 0.4) is 0 Å². The summed E-state index contributed by atoms with van der Waals surface area (Å²) in [4.78, 5) is 11.1. The molecule has 2 heteroatoms. The van der Waals surface area contributed by atoms with E-state index in [-0.39, 0.29) is 5.91 Å². The fraction of sp³-hybridized carbons (Fsp3) is 0.783. The Morgan fingerprint density at radius 2 is 1.08 bits per heavy atom. The number of nitrogens with one attached hydrogen (secondary N) is 1. The predicted molar refractivity (Wildman–Crippen MR) is 112 cm³/mol. The molecule has 0 atom stereocenters. The van der Waals surface area contributed by atoms with Gasteiger partial charge in [0.2, 0.25) is 5.91 Å². The van der Waals surface area contributed by atoms with Crippen molar-refractivity contribution < 1.29 is 4.79 Å². The number of hydrogen-bond acceptors (Lipinski definition) is 1. The molecule has 0 spiro atoms. The van der Waals surface area contributed by atoms with Crippen LogP contribution >= 0.6 is 0 Å². The zero-order chi connectivity index (χ0) is 18.8. The Hall–Kier alpha value is -1.05. The van der Waals surface area contributed by atoms with Gasteiger partial charge in [-0.15, -0.1) is 0 Å². The van der Waals surface area contributed by atoms with Gasteiger partial charge in [0.25, 0.3) is 0 Å². The summed E-state index contributed by atoms with van der Waals surface area (Å²) >= 11 is 0. The molecule has 0 unspecified atom stereocenters. The summed E-state index contributed by atoms with van der Waals surface area (Å²) in [5.41, 5.74) is 2.99. The zero-order valence-electron chi connectivity index (χ0n) is 17.5. The van der Waals surface area contributed by atoms with Gasteiger partial charge >= 0.3 is 0 Å². The van der Waals surface area contributed by atoms with Gasteiger partial charge in [-0.2, -0.15) is 0 Å². The third-order valence-electron chi connectivity index (χ3n) is 4.83. The molecule has 0 aromatic carbocycles. The minimum absolute atomic E-state index is 0.164. The topological polar surface area (TPSA) is 29.1 Å². The Morgan fingerprint density at radius 3 is 1.52 bits per heavy atom. The third-order valence-corrected chi connectivity index (χ3v) is 4.83. The lowest BCUT2D eigenvalue weighted by atomic mass is 10.0. The van der Waals surface area contributed by atoms with Crippen molar-refractivity contribution in [3.05, 3.63) is 23.3 Å². The van der Waals surface area contributed by atoms with E-state index in [1.807, 2.05) is 0 Å². The Kier molecular flexibility index (Phi) is 17.0. The minimum Gasteiger partial charge on any atom is -0.359 e. The molecular weight excluding hydrogens is 306 g/mol. The number of unbranched alkanes of at least 4 members (excludes halogenated alkanes) is 9. The van der Waals surface area contributed by atoms with Gasteiger partial charge in [-0.05, 0) is 46.0 Å². The van der Waals surface area contributed by atoms with Crippen LogP contribution in [-0.4, -0.2) is 13.0 Å². The summed E-state index contributed by atoms with van der Waals surface area (Å²) < 4.78 is 0. The van der Waals surface area contributed by atoms with Crippen LogP contribution in [0.15, 0.2) is 23.3 Å². The highest BCUT2D eigenvalue weighted by Gasteiger charge is 1.98. The van der Waals surface area contributed by atoms with Crippen molar-refractivity contribution in [2.75, 3.05) is 7.05 Å². The van der Waals surface area contributed by atoms with Crippen molar-refractivity contribution >= 4 is 5.91 Å². The summed E-state index contributed by atoms with van der Waals surface area (Å²) in [6.45, 7) is 6.78. The van der Waals surface area contributed by atoms with Crippen molar-refractivity contribution in [3.8, 4) is 0 Å². The summed E-state index contributed by atoms with van der Waals surface area (Å²) in [5.74, 6) is 0.164. The van der Waals surface area contributed by atoms with Gasteiger partial charge in [-0.25, -0.2) is 0 Å². The van der Waals surface area contributed by atoms with Crippen LogP contribution in [0.4, 0.5) is 0 Å². The molecule has 0 saturated carbocycles. The van der Waals surface area contributed by atoms with Gasteiger partial charge in [0.15, 0.2) is 0 Å². The average Bonchev–Trinajstić information content (AvgIpc) is 2.61. The molecule has 0 aliphatic rings. The van der Waals surface area contributed by atoms with Crippen LogP contribution in [0, 0.1) is 0 Å². The van der Waals surface area contributed by atoms with Crippen LogP contribution in [0.1, 0.15) is 111 Å². The number of hydrogen-bond donors (Lipinski definition) is 1. The molecular formula is C23H43NO. The molecule has 1 N–H and O–H groups in total. The van der Waals surface area contributed by atoms with Gasteiger partial charge in [0, 0.05) is 13.5 Å². The van der Waals surface area contributed by atoms with Crippen LogP contribution in [0.25, 0.3) is 0 Å². The fourth-order valence-electron chi connectivity index (χ4n) is 2.98. The summed E-state index contributed by atoms with van der Waals surface area (Å²) in [7, 11) is 1.71. The van der Waals surface area contributed by atoms with Gasteiger partial charge in [0.1, 0.15) is 0 Å². The van der Waals surface area contributed by atoms with Gasteiger partial charge in [0.05, 0.1) is 0 Å². The molecule has 146 valence electrons. The molecule has 2 nitrogen and oxygen atoms in total. The largest absolute Gasteiger partial charge is 0.359 e. The minimum atomic E-state index is 0.164. The van der Waals surface area contributed by atoms with E-state index in [2.05, 4.69) is 38.2 Å². The first-order chi connectivity index (χ1) is 12.1. The lowest BCUT2D eigenvalue weighted by Gasteiger charge is -2.03. The second-order valence-electron chi connectivity index (χ2n) is 7.48. The highest BCUT2D eigenvalue weighted by Crippen LogP contribution is 2.14. The van der Waals surface area contributed by atoms with Crippen molar-refractivity contribution in [2.24, 2.45) is 0 Å². The third kappa shape index (κ3) is 17.6. The molecule has 0 aromatic rings. The number of amides is 1. The highest BCUT2D eigenvalue weighted by molar-refractivity contribution is 5.75. The van der Waals surface area contributed by atoms with E-state index in [1.165, 1.54) is 81.8 Å². The van der Waals surface area contributed by atoms with Crippen LogP contribution in [0.5, 0.6) is 0 Å². The molecule has 1 amide bonds. The first-order valence-electron chi connectivity index (χ1n) is 10.6. The highest BCUT2D eigenvalue weighted by atomic mass is 16.1. The molecule has 0 rings (SSSR count). The second-order valence-corrected chi connectivity index (χ2v) is 7.48. The molecule has 0 aliphatic carbocycles. The maximum absolute atomic E-state index is 11.1. The lowest BCUT2D eigenvalue weighted by Crippen LogP contribution is -2.16. The van der Waals surface area contributed by atoms with Crippen molar-refractivity contribution in [1.29, 1.82) is 0 Å². The molecule has 0 aliphatic heterocycles. The summed E-state index contributed by atoms with van der Waals surface area (Å²) in [6.07, 6.45) is 22.1. The Bertz CT molecular complexity index is 382. The van der Waals surface area contributed by atoms with E-state index in [0.29, 0.717) is 6.42 Å². The first-order valence-corrected chi connectivity index (χ1v) is 10.6. The standard InChI is InChI=1S/C23H43NO/c1-5-6-7-8-9-10-13-16-21(2)19-20-22(3)17-14-11-12-15-18-23(25)24-4/h19-20H,5-18H2,1-4H3,(H,24,25)/b21-19+,22-20+. The van der Waals surface area contributed by atoms with E-state index < -0.39 is 0 Å². The number of carbonyl (C=O) groups is 1. The van der Waals surface area contributed by atoms with E-state index in [0.717, 1.165) is 12.8 Å². The molecule has 0 saturated heterocycles. The van der Waals surface area contributed by atoms with Gasteiger partial charge < -0.3 is 5.32 Å². The smallest absolute Gasteiger partial charge is 0.219 e. The molecule has 0 radical (unpaired) electrons. The second kappa shape index (κ2) is 17.8. The average molecular weight is 350 g/mol. The predicted octanol–water partition coefficient (Wildman–Crippen LogP) is 7.11. The zero-order valence-corrected chi connectivity index (χ0v) is 17.5. The van der Waals surface area contributed by atoms with Crippen LogP contribution < -0.4 is 5.32 Å². The first kappa shape index (κ1) is 23.9. The molecule has 0 fully saturated rings. The van der Waals surface area contributed by atoms with E-state index in [9.17, 15) is 4.79 Å². The number of rotatable bonds is 16. The normalized spacial score (nSPS) is 12.5. The van der Waals surface area contributed by atoms with Crippen LogP contribution in [-0.2, 0) is 4.79 Å². The Labute approximate surface area is 157 Å². The quantitative estimate of drug-likeness (QED) is 0.233. The molecule has 0 heterocycles. The molecule has 25 heavy (non-hydrogen) atoms. The molecule has 0 aromatic heterocycles. The van der Waals surface area contributed by atoms with Gasteiger partial charge in [-0.3, -0.25) is 4.79 Å². The lowest BCUT2D eigenvalue weighted by molar-refractivity contribution is -0.120. The van der Waals surface area contributed by atoms with E-state index in [1.54, 1.807) is 7.05 Å². The number of allylic oxidation sites excluding steroid dienone is 4. The monoisotopic (exact) mass is 349 g/mol. The Morgan fingerprint density at radius 1 is 0.680 bits per heavy atom. The summed E-state index contributed by atoms with van der Waals surface area (Å²) in [6, 6.07) is 0. The maximum atomic E-state index is 11.1. The SMILES string of the molecule is CCCCCCCCC/C(C)=C/C=C(\C)CCCCCCC(=O)NC. The van der Waals surface area contributed by atoms with E-state index >= 15 is 0 Å². The van der Waals surface area contributed by atoms with E-state index in [4.69, 9.17) is 0 Å².